The monoisotopic (exact) mass is 399 g/mol. The Morgan fingerprint density at radius 2 is 2.04 bits per heavy atom. The number of Topliss-reactive ketones (excluding diaryl/α,β-unsaturated/α-hetero) is 1. The molecule has 0 aliphatic heterocycles. The number of ketones is 1. The van der Waals surface area contributed by atoms with Gasteiger partial charge in [0.1, 0.15) is 5.78 Å². The predicted octanol–water partition coefficient (Wildman–Crippen LogP) is 3.34. The molecule has 7 heteroatoms. The third-order valence-corrected chi connectivity index (χ3v) is 8.42. The van der Waals surface area contributed by atoms with Gasteiger partial charge in [0.05, 0.1) is 11.9 Å². The van der Waals surface area contributed by atoms with Crippen LogP contribution in [0.5, 0.6) is 0 Å². The molecule has 5 nitrogen and oxygen atoms in total. The number of hydrogen-bond donors (Lipinski definition) is 1. The highest BCUT2D eigenvalue weighted by atomic mass is 35.5. The van der Waals surface area contributed by atoms with Crippen LogP contribution < -0.4 is 4.72 Å². The van der Waals surface area contributed by atoms with Crippen LogP contribution in [0, 0.1) is 16.7 Å². The average Bonchev–Trinajstić information content (AvgIpc) is 2.90. The first-order chi connectivity index (χ1) is 12.1. The van der Waals surface area contributed by atoms with E-state index in [1.54, 1.807) is 6.07 Å². The second-order valence-corrected chi connectivity index (χ2v) is 10.2. The SMILES string of the molecule is COC(CNS(=O)(=O)CC12CCC(CC1=O)C2(C)C)c1ccccc1Cl. The van der Waals surface area contributed by atoms with Crippen molar-refractivity contribution in [2.24, 2.45) is 16.7 Å². The predicted molar refractivity (Wildman–Crippen MR) is 102 cm³/mol. The number of rotatable bonds is 7. The fourth-order valence-electron chi connectivity index (χ4n) is 4.74. The molecule has 2 aliphatic rings. The molecule has 1 aromatic rings. The third kappa shape index (κ3) is 3.21. The number of nitrogens with one attached hydrogen (secondary N) is 1. The van der Waals surface area contributed by atoms with Crippen molar-refractivity contribution in [2.45, 2.75) is 39.2 Å². The van der Waals surface area contributed by atoms with Gasteiger partial charge in [-0.2, -0.15) is 0 Å². The molecule has 3 unspecified atom stereocenters. The minimum absolute atomic E-state index is 0.0801. The van der Waals surface area contributed by atoms with E-state index in [0.717, 1.165) is 12.0 Å². The average molecular weight is 400 g/mol. The van der Waals surface area contributed by atoms with Crippen LogP contribution in [-0.4, -0.2) is 33.6 Å². The summed E-state index contributed by atoms with van der Waals surface area (Å²) in [6.45, 7) is 4.15. The Balaban J connectivity index is 1.74. The van der Waals surface area contributed by atoms with Gasteiger partial charge in [0.2, 0.25) is 10.0 Å². The van der Waals surface area contributed by atoms with E-state index < -0.39 is 21.5 Å². The summed E-state index contributed by atoms with van der Waals surface area (Å²) in [6.07, 6.45) is 1.60. The highest BCUT2D eigenvalue weighted by Crippen LogP contribution is 2.64. The largest absolute Gasteiger partial charge is 0.375 e. The molecule has 2 aliphatic carbocycles. The van der Waals surface area contributed by atoms with Gasteiger partial charge in [0.15, 0.2) is 0 Å². The number of fused-ring (bicyclic) bond motifs is 2. The Kier molecular flexibility index (Phi) is 5.25. The molecule has 26 heavy (non-hydrogen) atoms. The lowest BCUT2D eigenvalue weighted by Gasteiger charge is -2.36. The Hall–Kier alpha value is -0.950. The van der Waals surface area contributed by atoms with Crippen molar-refractivity contribution in [1.29, 1.82) is 0 Å². The molecule has 144 valence electrons. The van der Waals surface area contributed by atoms with E-state index in [9.17, 15) is 13.2 Å². The normalized spacial score (nSPS) is 28.5. The van der Waals surface area contributed by atoms with Crippen LogP contribution in [-0.2, 0) is 19.6 Å². The highest BCUT2D eigenvalue weighted by Gasteiger charge is 2.65. The van der Waals surface area contributed by atoms with E-state index in [1.165, 1.54) is 7.11 Å². The topological polar surface area (TPSA) is 72.5 Å². The van der Waals surface area contributed by atoms with Crippen LogP contribution in [0.25, 0.3) is 0 Å². The number of methoxy groups -OCH3 is 1. The molecule has 2 bridgehead atoms. The summed E-state index contributed by atoms with van der Waals surface area (Å²) in [6, 6.07) is 7.20. The number of carbonyl (C=O) groups is 1. The molecule has 3 rings (SSSR count). The summed E-state index contributed by atoms with van der Waals surface area (Å²) in [5, 5.41) is 0.530. The molecule has 2 fully saturated rings. The van der Waals surface area contributed by atoms with Gasteiger partial charge in [-0.1, -0.05) is 43.6 Å². The minimum atomic E-state index is -3.63. The zero-order chi connectivity index (χ0) is 19.2. The van der Waals surface area contributed by atoms with Gasteiger partial charge >= 0.3 is 0 Å². The van der Waals surface area contributed by atoms with Crippen LogP contribution in [0.1, 0.15) is 44.8 Å². The number of ether oxygens (including phenoxy) is 1. The van der Waals surface area contributed by atoms with Crippen LogP contribution in [0.4, 0.5) is 0 Å². The van der Waals surface area contributed by atoms with Gasteiger partial charge in [-0.25, -0.2) is 13.1 Å². The molecule has 0 spiro atoms. The summed E-state index contributed by atoms with van der Waals surface area (Å²) in [4.78, 5) is 12.6. The quantitative estimate of drug-likeness (QED) is 0.763. The number of benzene rings is 1. The lowest BCUT2D eigenvalue weighted by molar-refractivity contribution is -0.128. The highest BCUT2D eigenvalue weighted by molar-refractivity contribution is 7.89. The summed E-state index contributed by atoms with van der Waals surface area (Å²) in [5.74, 6) is 0.236. The standard InChI is InChI=1S/C19H26ClNO4S/c1-18(2)13-8-9-19(18,17(22)10-13)12-26(23,24)21-11-16(25-3)14-6-4-5-7-15(14)20/h4-7,13,16,21H,8-12H2,1-3H3. The van der Waals surface area contributed by atoms with Crippen molar-refractivity contribution >= 4 is 27.4 Å². The van der Waals surface area contributed by atoms with Gasteiger partial charge in [0.25, 0.3) is 0 Å². The van der Waals surface area contributed by atoms with Gasteiger partial charge in [-0.15, -0.1) is 0 Å². The maximum Gasteiger partial charge on any atom is 0.212 e. The number of carbonyl (C=O) groups excluding carboxylic acids is 1. The zero-order valence-electron chi connectivity index (χ0n) is 15.4. The van der Waals surface area contributed by atoms with Crippen LogP contribution in [0.2, 0.25) is 5.02 Å². The molecule has 0 aromatic heterocycles. The first-order valence-corrected chi connectivity index (χ1v) is 10.9. The van der Waals surface area contributed by atoms with E-state index in [2.05, 4.69) is 4.72 Å². The Labute approximate surface area is 160 Å². The molecule has 1 aromatic carbocycles. The minimum Gasteiger partial charge on any atom is -0.375 e. The Morgan fingerprint density at radius 1 is 1.35 bits per heavy atom. The fraction of sp³-hybridized carbons (Fsp3) is 0.632. The Morgan fingerprint density at radius 3 is 2.58 bits per heavy atom. The smallest absolute Gasteiger partial charge is 0.212 e. The number of halogens is 1. The first-order valence-electron chi connectivity index (χ1n) is 8.91. The van der Waals surface area contributed by atoms with E-state index >= 15 is 0 Å². The molecular formula is C19H26ClNO4S. The zero-order valence-corrected chi connectivity index (χ0v) is 17.0. The van der Waals surface area contributed by atoms with Crippen molar-refractivity contribution in [3.63, 3.8) is 0 Å². The molecule has 2 saturated carbocycles. The third-order valence-electron chi connectivity index (χ3n) is 6.60. The van der Waals surface area contributed by atoms with Crippen LogP contribution >= 0.6 is 11.6 Å². The fourth-order valence-corrected chi connectivity index (χ4v) is 6.83. The van der Waals surface area contributed by atoms with Crippen molar-refractivity contribution in [3.8, 4) is 0 Å². The van der Waals surface area contributed by atoms with Gasteiger partial charge in [-0.05, 0) is 30.2 Å². The van der Waals surface area contributed by atoms with Crippen molar-refractivity contribution in [3.05, 3.63) is 34.9 Å². The van der Waals surface area contributed by atoms with E-state index in [0.29, 0.717) is 23.8 Å². The van der Waals surface area contributed by atoms with E-state index in [-0.39, 0.29) is 23.5 Å². The van der Waals surface area contributed by atoms with Crippen LogP contribution in [0.15, 0.2) is 24.3 Å². The molecular weight excluding hydrogens is 374 g/mol. The maximum absolute atomic E-state index is 12.8. The molecule has 1 N–H and O–H groups in total. The number of sulfonamides is 1. The molecule has 0 saturated heterocycles. The maximum atomic E-state index is 12.8. The van der Waals surface area contributed by atoms with E-state index in [4.69, 9.17) is 16.3 Å². The van der Waals surface area contributed by atoms with Gasteiger partial charge in [0, 0.05) is 36.1 Å². The summed E-state index contributed by atoms with van der Waals surface area (Å²) in [5.41, 5.74) is -0.311. The lowest BCUT2D eigenvalue weighted by atomic mass is 9.70. The summed E-state index contributed by atoms with van der Waals surface area (Å²) in [7, 11) is -2.11. The summed E-state index contributed by atoms with van der Waals surface area (Å²) >= 11 is 6.19. The van der Waals surface area contributed by atoms with Crippen LogP contribution in [0.3, 0.4) is 0 Å². The lowest BCUT2D eigenvalue weighted by Crippen LogP contribution is -2.46. The first kappa shape index (κ1) is 19.8. The number of hydrogen-bond acceptors (Lipinski definition) is 4. The molecule has 0 heterocycles. The summed E-state index contributed by atoms with van der Waals surface area (Å²) < 4.78 is 33.6. The van der Waals surface area contributed by atoms with E-state index in [1.807, 2.05) is 32.0 Å². The van der Waals surface area contributed by atoms with Gasteiger partial charge in [-0.3, -0.25) is 4.79 Å². The van der Waals surface area contributed by atoms with Crippen molar-refractivity contribution < 1.29 is 17.9 Å². The van der Waals surface area contributed by atoms with Crippen molar-refractivity contribution in [1.82, 2.24) is 4.72 Å². The second kappa shape index (κ2) is 6.89. The molecule has 3 atom stereocenters. The second-order valence-electron chi connectivity index (χ2n) is 8.02. The molecule has 0 amide bonds. The van der Waals surface area contributed by atoms with Gasteiger partial charge < -0.3 is 4.74 Å². The molecule has 0 radical (unpaired) electrons. The Bertz CT molecular complexity index is 808. The van der Waals surface area contributed by atoms with Crippen molar-refractivity contribution in [2.75, 3.05) is 19.4 Å².